The lowest BCUT2D eigenvalue weighted by atomic mass is 9.33. The van der Waals surface area contributed by atoms with Crippen molar-refractivity contribution in [3.05, 3.63) is 11.6 Å². The molecule has 0 amide bonds. The third-order valence-electron chi connectivity index (χ3n) is 12.8. The molecule has 0 aromatic rings. The van der Waals surface area contributed by atoms with Gasteiger partial charge in [0.2, 0.25) is 0 Å². The van der Waals surface area contributed by atoms with Crippen molar-refractivity contribution in [1.29, 1.82) is 0 Å². The topological polar surface area (TPSA) is 40.5 Å². The lowest BCUT2D eigenvalue weighted by molar-refractivity contribution is -0.208. The first-order valence-electron chi connectivity index (χ1n) is 13.3. The smallest absolute Gasteiger partial charge is 0.0690 e. The molecule has 31 heavy (non-hydrogen) atoms. The van der Waals surface area contributed by atoms with Gasteiger partial charge in [0, 0.05) is 5.92 Å². The summed E-state index contributed by atoms with van der Waals surface area (Å²) in [5.74, 6) is 1.60. The molecule has 5 aliphatic rings. The van der Waals surface area contributed by atoms with Gasteiger partial charge < -0.3 is 10.2 Å². The Kier molecular flexibility index (Phi) is 4.64. The Morgan fingerprint density at radius 1 is 0.806 bits per heavy atom. The van der Waals surface area contributed by atoms with Gasteiger partial charge in [0.05, 0.1) is 11.7 Å². The summed E-state index contributed by atoms with van der Waals surface area (Å²) in [6, 6.07) is 0. The molecule has 0 aliphatic heterocycles. The van der Waals surface area contributed by atoms with E-state index in [4.69, 9.17) is 0 Å². The Morgan fingerprint density at radius 2 is 1.52 bits per heavy atom. The van der Waals surface area contributed by atoms with Crippen molar-refractivity contribution in [1.82, 2.24) is 0 Å². The Morgan fingerprint density at radius 3 is 2.23 bits per heavy atom. The van der Waals surface area contributed by atoms with Crippen molar-refractivity contribution in [2.24, 2.45) is 44.8 Å². The molecule has 4 fully saturated rings. The minimum absolute atomic E-state index is 0.0113. The minimum atomic E-state index is -0.568. The van der Waals surface area contributed by atoms with E-state index in [1.165, 1.54) is 51.4 Å². The average Bonchev–Trinajstić information content (AvgIpc) is 2.65. The summed E-state index contributed by atoms with van der Waals surface area (Å²) in [5, 5.41) is 22.5. The highest BCUT2D eigenvalue weighted by Crippen LogP contribution is 2.75. The molecule has 0 bridgehead atoms. The lowest BCUT2D eigenvalue weighted by Gasteiger charge is -2.71. The number of aliphatic hydroxyl groups excluding tert-OH is 1. The van der Waals surface area contributed by atoms with Crippen molar-refractivity contribution in [3.8, 4) is 0 Å². The third kappa shape index (κ3) is 2.64. The van der Waals surface area contributed by atoms with Crippen LogP contribution in [0.1, 0.15) is 113 Å². The van der Waals surface area contributed by atoms with Crippen molar-refractivity contribution in [2.45, 2.75) is 124 Å². The van der Waals surface area contributed by atoms with Crippen LogP contribution in [0.25, 0.3) is 0 Å². The van der Waals surface area contributed by atoms with Crippen LogP contribution in [0.2, 0.25) is 0 Å². The molecule has 0 aromatic carbocycles. The Labute approximate surface area is 191 Å². The molecule has 9 atom stereocenters. The summed E-state index contributed by atoms with van der Waals surface area (Å²) in [6.45, 7) is 17.1. The van der Waals surface area contributed by atoms with Crippen molar-refractivity contribution in [3.63, 3.8) is 0 Å². The number of rotatable bonds is 0. The standard InChI is InChI=1S/C29H48O2/c1-24(2)20-11-16-28(6)21(26(20,4)15-12-22(24)30)10-9-19-23-25(3,17-18-27(19,28)5)13-8-14-29(23,7)31/h9,20-23,30-31H,8,10-18H2,1-7H3. The van der Waals surface area contributed by atoms with Gasteiger partial charge >= 0.3 is 0 Å². The van der Waals surface area contributed by atoms with Gasteiger partial charge in [-0.2, -0.15) is 0 Å². The Bertz CT molecular complexity index is 795. The molecule has 0 saturated heterocycles. The van der Waals surface area contributed by atoms with E-state index in [-0.39, 0.29) is 27.8 Å². The average molecular weight is 429 g/mol. The molecule has 0 aromatic heterocycles. The van der Waals surface area contributed by atoms with E-state index in [2.05, 4.69) is 54.5 Å². The molecule has 0 radical (unpaired) electrons. The molecule has 2 N–H and O–H groups in total. The highest BCUT2D eigenvalue weighted by molar-refractivity contribution is 5.35. The molecule has 0 spiro atoms. The van der Waals surface area contributed by atoms with Gasteiger partial charge in [-0.05, 0) is 104 Å². The number of hydrogen-bond acceptors (Lipinski definition) is 2. The highest BCUT2D eigenvalue weighted by Gasteiger charge is 2.68. The number of hydrogen-bond donors (Lipinski definition) is 2. The predicted octanol–water partition coefficient (Wildman–Crippen LogP) is 6.89. The largest absolute Gasteiger partial charge is 0.393 e. The van der Waals surface area contributed by atoms with Crippen LogP contribution in [0.5, 0.6) is 0 Å². The summed E-state index contributed by atoms with van der Waals surface area (Å²) in [7, 11) is 0. The fourth-order valence-electron chi connectivity index (χ4n) is 10.8. The van der Waals surface area contributed by atoms with E-state index in [9.17, 15) is 10.2 Å². The zero-order chi connectivity index (χ0) is 22.7. The second kappa shape index (κ2) is 6.41. The Hall–Kier alpha value is -0.340. The molecule has 5 aliphatic carbocycles. The molecular formula is C29H48O2. The summed E-state index contributed by atoms with van der Waals surface area (Å²) < 4.78 is 0. The fourth-order valence-corrected chi connectivity index (χ4v) is 10.8. The van der Waals surface area contributed by atoms with Gasteiger partial charge in [0.15, 0.2) is 0 Å². The van der Waals surface area contributed by atoms with Gasteiger partial charge in [-0.15, -0.1) is 0 Å². The SMILES string of the molecule is CC1(O)CCCC2(C)CCC3(C)C(=CCC4C5(C)CCC(O)C(C)(C)C5CCC43C)C12. The zero-order valence-electron chi connectivity index (χ0n) is 21.4. The highest BCUT2D eigenvalue weighted by atomic mass is 16.3. The first-order chi connectivity index (χ1) is 14.2. The number of allylic oxidation sites excluding steroid dienone is 1. The maximum Gasteiger partial charge on any atom is 0.0690 e. The van der Waals surface area contributed by atoms with Gasteiger partial charge in [0.25, 0.3) is 0 Å². The second-order valence-corrected chi connectivity index (χ2v) is 14.5. The summed E-state index contributed by atoms with van der Waals surface area (Å²) >= 11 is 0. The third-order valence-corrected chi connectivity index (χ3v) is 12.8. The molecular weight excluding hydrogens is 380 g/mol. The summed E-state index contributed by atoms with van der Waals surface area (Å²) in [4.78, 5) is 0. The van der Waals surface area contributed by atoms with Crippen LogP contribution in [0.15, 0.2) is 11.6 Å². The van der Waals surface area contributed by atoms with Crippen molar-refractivity contribution < 1.29 is 10.2 Å². The first kappa shape index (κ1) is 22.5. The van der Waals surface area contributed by atoms with Crippen LogP contribution in [-0.4, -0.2) is 21.9 Å². The van der Waals surface area contributed by atoms with Crippen LogP contribution in [-0.2, 0) is 0 Å². The molecule has 176 valence electrons. The monoisotopic (exact) mass is 428 g/mol. The number of aliphatic hydroxyl groups is 2. The van der Waals surface area contributed by atoms with Crippen LogP contribution in [0, 0.1) is 44.8 Å². The van der Waals surface area contributed by atoms with E-state index in [0.717, 1.165) is 12.8 Å². The summed E-state index contributed by atoms with van der Waals surface area (Å²) in [5.41, 5.74) is 2.11. The van der Waals surface area contributed by atoms with Crippen LogP contribution in [0.4, 0.5) is 0 Å². The van der Waals surface area contributed by atoms with Crippen LogP contribution < -0.4 is 0 Å². The fraction of sp³-hybridized carbons (Fsp3) is 0.931. The summed E-state index contributed by atoms with van der Waals surface area (Å²) in [6.07, 6.45) is 14.2. The minimum Gasteiger partial charge on any atom is -0.393 e. The van der Waals surface area contributed by atoms with E-state index in [0.29, 0.717) is 23.2 Å². The van der Waals surface area contributed by atoms with Crippen LogP contribution in [0.3, 0.4) is 0 Å². The van der Waals surface area contributed by atoms with Gasteiger partial charge in [-0.1, -0.05) is 59.6 Å². The molecule has 2 nitrogen and oxygen atoms in total. The first-order valence-corrected chi connectivity index (χ1v) is 13.3. The second-order valence-electron chi connectivity index (χ2n) is 14.5. The van der Waals surface area contributed by atoms with Crippen LogP contribution >= 0.6 is 0 Å². The molecule has 9 unspecified atom stereocenters. The zero-order valence-corrected chi connectivity index (χ0v) is 21.4. The van der Waals surface area contributed by atoms with Gasteiger partial charge in [0.1, 0.15) is 0 Å². The van der Waals surface area contributed by atoms with E-state index in [1.54, 1.807) is 5.57 Å². The predicted molar refractivity (Wildman–Crippen MR) is 128 cm³/mol. The van der Waals surface area contributed by atoms with E-state index < -0.39 is 5.60 Å². The lowest BCUT2D eigenvalue weighted by Crippen LogP contribution is -2.65. The maximum atomic E-state index is 11.6. The van der Waals surface area contributed by atoms with Crippen molar-refractivity contribution in [2.75, 3.05) is 0 Å². The van der Waals surface area contributed by atoms with E-state index >= 15 is 0 Å². The van der Waals surface area contributed by atoms with Crippen molar-refractivity contribution >= 4 is 0 Å². The van der Waals surface area contributed by atoms with E-state index in [1.807, 2.05) is 0 Å². The molecule has 2 heteroatoms. The molecule has 4 saturated carbocycles. The van der Waals surface area contributed by atoms with Gasteiger partial charge in [-0.25, -0.2) is 0 Å². The van der Waals surface area contributed by atoms with Gasteiger partial charge in [-0.3, -0.25) is 0 Å². The molecule has 0 heterocycles. The molecule has 5 rings (SSSR count). The maximum absolute atomic E-state index is 11.6. The number of fused-ring (bicyclic) bond motifs is 7. The quantitative estimate of drug-likeness (QED) is 0.412. The Balaban J connectivity index is 1.61. The normalized spacial score (nSPS) is 58.3.